The van der Waals surface area contributed by atoms with Gasteiger partial charge in [0.05, 0.1) is 6.04 Å². The molecule has 2 heterocycles. The van der Waals surface area contributed by atoms with E-state index in [1.165, 1.54) is 22.2 Å². The Morgan fingerprint density at radius 1 is 1.35 bits per heavy atom. The van der Waals surface area contributed by atoms with E-state index in [1.807, 2.05) is 6.92 Å². The number of hydrogen-bond acceptors (Lipinski definition) is 4. The molecule has 2 aromatic heterocycles. The van der Waals surface area contributed by atoms with E-state index in [2.05, 4.69) is 68.7 Å². The van der Waals surface area contributed by atoms with Gasteiger partial charge in [-0.05, 0) is 25.5 Å². The number of H-pyrrole nitrogens is 1. The number of benzene rings is 1. The number of fused-ring (bicyclic) bond motifs is 1. The van der Waals surface area contributed by atoms with Crippen LogP contribution in [0.4, 0.5) is 0 Å². The molecule has 1 aromatic carbocycles. The molecular weight excluding hydrogens is 252 g/mol. The van der Waals surface area contributed by atoms with Gasteiger partial charge in [0.1, 0.15) is 0 Å². The minimum absolute atomic E-state index is 0.0613. The summed E-state index contributed by atoms with van der Waals surface area (Å²) in [7, 11) is 2.10. The van der Waals surface area contributed by atoms with E-state index in [0.717, 1.165) is 6.54 Å². The summed E-state index contributed by atoms with van der Waals surface area (Å²) in [4.78, 5) is 0. The van der Waals surface area contributed by atoms with Crippen LogP contribution in [0.15, 0.2) is 24.3 Å². The molecule has 0 spiro atoms. The lowest BCUT2D eigenvalue weighted by atomic mass is 10.1. The summed E-state index contributed by atoms with van der Waals surface area (Å²) in [5.41, 5.74) is 3.85. The van der Waals surface area contributed by atoms with Gasteiger partial charge in [-0.3, -0.25) is 0 Å². The first kappa shape index (κ1) is 12.8. The van der Waals surface area contributed by atoms with Gasteiger partial charge in [0.2, 0.25) is 0 Å². The van der Waals surface area contributed by atoms with E-state index in [1.54, 1.807) is 0 Å². The molecule has 104 valence electrons. The molecule has 0 bridgehead atoms. The molecule has 0 aliphatic carbocycles. The van der Waals surface area contributed by atoms with Crippen LogP contribution in [-0.4, -0.2) is 25.2 Å². The van der Waals surface area contributed by atoms with E-state index < -0.39 is 0 Å². The molecule has 3 rings (SSSR count). The minimum atomic E-state index is 0.0613. The predicted molar refractivity (Wildman–Crippen MR) is 77.1 cm³/mol. The van der Waals surface area contributed by atoms with Crippen LogP contribution in [0.3, 0.4) is 0 Å². The Kier molecular flexibility index (Phi) is 3.23. The van der Waals surface area contributed by atoms with Gasteiger partial charge >= 0.3 is 0 Å². The Balaban J connectivity index is 1.84. The highest BCUT2D eigenvalue weighted by molar-refractivity contribution is 5.85. The number of para-hydroxylation sites is 1. The Labute approximate surface area is 117 Å². The molecule has 0 aliphatic rings. The lowest BCUT2D eigenvalue weighted by Gasteiger charge is -2.11. The second kappa shape index (κ2) is 5.05. The zero-order valence-electron chi connectivity index (χ0n) is 11.9. The van der Waals surface area contributed by atoms with Gasteiger partial charge in [-0.2, -0.15) is 5.21 Å². The van der Waals surface area contributed by atoms with Crippen LogP contribution in [0.5, 0.6) is 0 Å². The summed E-state index contributed by atoms with van der Waals surface area (Å²) in [6, 6.07) is 8.52. The maximum absolute atomic E-state index is 4.00. The summed E-state index contributed by atoms with van der Waals surface area (Å²) in [6.07, 6.45) is 0. The normalized spacial score (nSPS) is 12.9. The maximum Gasteiger partial charge on any atom is 0.191 e. The first-order valence-electron chi connectivity index (χ1n) is 6.68. The average molecular weight is 270 g/mol. The molecule has 0 saturated carbocycles. The monoisotopic (exact) mass is 270 g/mol. The van der Waals surface area contributed by atoms with E-state index in [4.69, 9.17) is 0 Å². The SMILES string of the molecule is Cc1c(CNC(C)c2nn[nH]n2)n(C)c2ccccc12. The van der Waals surface area contributed by atoms with Crippen molar-refractivity contribution >= 4 is 10.9 Å². The summed E-state index contributed by atoms with van der Waals surface area (Å²) in [5.74, 6) is 0.682. The summed E-state index contributed by atoms with van der Waals surface area (Å²) < 4.78 is 2.24. The number of aryl methyl sites for hydroxylation is 2. The maximum atomic E-state index is 4.00. The molecule has 20 heavy (non-hydrogen) atoms. The summed E-state index contributed by atoms with van der Waals surface area (Å²) in [5, 5.41) is 18.8. The molecule has 2 N–H and O–H groups in total. The largest absolute Gasteiger partial charge is 0.346 e. The van der Waals surface area contributed by atoms with Gasteiger partial charge in [-0.1, -0.05) is 23.4 Å². The van der Waals surface area contributed by atoms with Crippen LogP contribution in [0.2, 0.25) is 0 Å². The lowest BCUT2D eigenvalue weighted by Crippen LogP contribution is -2.21. The number of nitrogens with one attached hydrogen (secondary N) is 2. The highest BCUT2D eigenvalue weighted by atomic mass is 15.5. The number of aromatic nitrogens is 5. The van der Waals surface area contributed by atoms with Crippen molar-refractivity contribution in [2.45, 2.75) is 26.4 Å². The Morgan fingerprint density at radius 3 is 2.85 bits per heavy atom. The molecule has 0 saturated heterocycles. The van der Waals surface area contributed by atoms with E-state index >= 15 is 0 Å². The van der Waals surface area contributed by atoms with Crippen molar-refractivity contribution < 1.29 is 0 Å². The Morgan fingerprint density at radius 2 is 2.15 bits per heavy atom. The van der Waals surface area contributed by atoms with E-state index in [-0.39, 0.29) is 6.04 Å². The van der Waals surface area contributed by atoms with Gasteiger partial charge in [0.15, 0.2) is 5.82 Å². The highest BCUT2D eigenvalue weighted by Crippen LogP contribution is 2.24. The van der Waals surface area contributed by atoms with Crippen LogP contribution in [-0.2, 0) is 13.6 Å². The zero-order chi connectivity index (χ0) is 14.1. The fourth-order valence-corrected chi connectivity index (χ4v) is 2.58. The molecule has 1 unspecified atom stereocenters. The van der Waals surface area contributed by atoms with Crippen LogP contribution < -0.4 is 5.32 Å². The number of tetrazole rings is 1. The van der Waals surface area contributed by atoms with Crippen molar-refractivity contribution in [3.63, 3.8) is 0 Å². The third-order valence-electron chi connectivity index (χ3n) is 3.83. The minimum Gasteiger partial charge on any atom is -0.346 e. The molecule has 0 amide bonds. The van der Waals surface area contributed by atoms with Crippen LogP contribution in [0, 0.1) is 6.92 Å². The van der Waals surface area contributed by atoms with Crippen molar-refractivity contribution in [3.05, 3.63) is 41.3 Å². The van der Waals surface area contributed by atoms with Gasteiger partial charge in [0.25, 0.3) is 0 Å². The molecule has 0 aliphatic heterocycles. The number of nitrogens with zero attached hydrogens (tertiary/aromatic N) is 4. The molecule has 6 nitrogen and oxygen atoms in total. The van der Waals surface area contributed by atoms with Gasteiger partial charge < -0.3 is 9.88 Å². The van der Waals surface area contributed by atoms with E-state index in [9.17, 15) is 0 Å². The molecule has 0 fully saturated rings. The summed E-state index contributed by atoms with van der Waals surface area (Å²) >= 11 is 0. The molecular formula is C14H18N6. The lowest BCUT2D eigenvalue weighted by molar-refractivity contribution is 0.533. The molecule has 3 aromatic rings. The van der Waals surface area contributed by atoms with Crippen LogP contribution >= 0.6 is 0 Å². The zero-order valence-corrected chi connectivity index (χ0v) is 11.9. The topological polar surface area (TPSA) is 71.4 Å². The third-order valence-corrected chi connectivity index (χ3v) is 3.83. The van der Waals surface area contributed by atoms with Crippen molar-refractivity contribution in [1.82, 2.24) is 30.5 Å². The van der Waals surface area contributed by atoms with Gasteiger partial charge in [-0.25, -0.2) is 0 Å². The fourth-order valence-electron chi connectivity index (χ4n) is 2.58. The number of hydrogen-bond donors (Lipinski definition) is 2. The van der Waals surface area contributed by atoms with Crippen LogP contribution in [0.25, 0.3) is 10.9 Å². The Bertz CT molecular complexity index is 674. The van der Waals surface area contributed by atoms with Crippen LogP contribution in [0.1, 0.15) is 30.0 Å². The average Bonchev–Trinajstić information content (AvgIpc) is 3.07. The number of rotatable bonds is 4. The number of aromatic amines is 1. The van der Waals surface area contributed by atoms with E-state index in [0.29, 0.717) is 5.82 Å². The van der Waals surface area contributed by atoms with Crippen molar-refractivity contribution in [2.24, 2.45) is 7.05 Å². The van der Waals surface area contributed by atoms with Crippen molar-refractivity contribution in [2.75, 3.05) is 0 Å². The second-order valence-electron chi connectivity index (χ2n) is 5.02. The first-order chi connectivity index (χ1) is 9.68. The molecule has 1 atom stereocenters. The molecule has 0 radical (unpaired) electrons. The van der Waals surface area contributed by atoms with Crippen molar-refractivity contribution in [1.29, 1.82) is 0 Å². The quantitative estimate of drug-likeness (QED) is 0.759. The Hall–Kier alpha value is -2.21. The summed E-state index contributed by atoms with van der Waals surface area (Å²) in [6.45, 7) is 4.97. The van der Waals surface area contributed by atoms with Crippen molar-refractivity contribution in [3.8, 4) is 0 Å². The third kappa shape index (κ3) is 2.08. The highest BCUT2D eigenvalue weighted by Gasteiger charge is 2.14. The van der Waals surface area contributed by atoms with Gasteiger partial charge in [-0.15, -0.1) is 10.2 Å². The molecule has 6 heteroatoms. The van der Waals surface area contributed by atoms with Gasteiger partial charge in [0, 0.05) is 30.2 Å². The standard InChI is InChI=1S/C14H18N6/c1-9-11-6-4-5-7-12(11)20(3)13(9)8-15-10(2)14-16-18-19-17-14/h4-7,10,15H,8H2,1-3H3,(H,16,17,18,19). The first-order valence-corrected chi connectivity index (χ1v) is 6.68. The fraction of sp³-hybridized carbons (Fsp3) is 0.357. The predicted octanol–water partition coefficient (Wildman–Crippen LogP) is 1.85. The second-order valence-corrected chi connectivity index (χ2v) is 5.02. The smallest absolute Gasteiger partial charge is 0.191 e.